The van der Waals surface area contributed by atoms with E-state index in [2.05, 4.69) is 0 Å². The Labute approximate surface area is 83.3 Å². The van der Waals surface area contributed by atoms with Crippen LogP contribution in [0.1, 0.15) is 18.9 Å². The van der Waals surface area contributed by atoms with Crippen LogP contribution in [0.15, 0.2) is 18.2 Å². The Hall–Kier alpha value is -1.09. The molecule has 1 N–H and O–H groups in total. The van der Waals surface area contributed by atoms with Gasteiger partial charge in [0.1, 0.15) is 11.6 Å². The third kappa shape index (κ3) is 3.00. The van der Waals surface area contributed by atoms with Gasteiger partial charge in [-0.2, -0.15) is 0 Å². The molecule has 2 nitrogen and oxygen atoms in total. The van der Waals surface area contributed by atoms with Crippen molar-refractivity contribution in [1.82, 2.24) is 0 Å². The molecular weight excluding hydrogens is 183 g/mol. The highest BCUT2D eigenvalue weighted by Gasteiger charge is 2.05. The van der Waals surface area contributed by atoms with Crippen LogP contribution >= 0.6 is 0 Å². The van der Waals surface area contributed by atoms with E-state index in [-0.39, 0.29) is 11.9 Å². The lowest BCUT2D eigenvalue weighted by Gasteiger charge is -2.09. The number of aliphatic hydroxyl groups excluding tert-OH is 1. The highest BCUT2D eigenvalue weighted by atomic mass is 19.1. The number of methoxy groups -OCH3 is 1. The largest absolute Gasteiger partial charge is 0.496 e. The third-order valence-electron chi connectivity index (χ3n) is 2.07. The van der Waals surface area contributed by atoms with Gasteiger partial charge in [-0.3, -0.25) is 0 Å². The van der Waals surface area contributed by atoms with Crippen molar-refractivity contribution in [3.8, 4) is 5.75 Å². The number of aryl methyl sites for hydroxylation is 1. The number of rotatable bonds is 4. The van der Waals surface area contributed by atoms with E-state index in [1.807, 2.05) is 0 Å². The van der Waals surface area contributed by atoms with Gasteiger partial charge in [0.25, 0.3) is 0 Å². The normalized spacial score (nSPS) is 12.6. The molecule has 0 aliphatic carbocycles. The molecule has 0 aliphatic heterocycles. The van der Waals surface area contributed by atoms with Crippen LogP contribution in [0.2, 0.25) is 0 Å². The van der Waals surface area contributed by atoms with Gasteiger partial charge >= 0.3 is 0 Å². The van der Waals surface area contributed by atoms with Gasteiger partial charge in [0.15, 0.2) is 0 Å². The summed E-state index contributed by atoms with van der Waals surface area (Å²) in [4.78, 5) is 0. The minimum absolute atomic E-state index is 0.272. The molecule has 0 fully saturated rings. The van der Waals surface area contributed by atoms with E-state index in [1.165, 1.54) is 12.1 Å². The molecule has 0 saturated heterocycles. The molecular formula is C11H15FO2. The van der Waals surface area contributed by atoms with Crippen molar-refractivity contribution in [2.45, 2.75) is 25.9 Å². The van der Waals surface area contributed by atoms with Crippen molar-refractivity contribution < 1.29 is 14.2 Å². The van der Waals surface area contributed by atoms with Crippen LogP contribution in [0, 0.1) is 5.82 Å². The van der Waals surface area contributed by atoms with Gasteiger partial charge in [0.05, 0.1) is 13.2 Å². The van der Waals surface area contributed by atoms with Crippen LogP contribution in [-0.4, -0.2) is 18.3 Å². The molecule has 0 radical (unpaired) electrons. The minimum Gasteiger partial charge on any atom is -0.496 e. The molecule has 0 amide bonds. The number of hydrogen-bond donors (Lipinski definition) is 1. The van der Waals surface area contributed by atoms with Crippen LogP contribution < -0.4 is 4.74 Å². The maximum atomic E-state index is 12.9. The number of aliphatic hydroxyl groups is 1. The monoisotopic (exact) mass is 198 g/mol. The van der Waals surface area contributed by atoms with Crippen molar-refractivity contribution in [2.24, 2.45) is 0 Å². The van der Waals surface area contributed by atoms with Crippen LogP contribution in [-0.2, 0) is 6.42 Å². The van der Waals surface area contributed by atoms with Gasteiger partial charge in [0, 0.05) is 0 Å². The SMILES string of the molecule is COc1ccc(F)cc1CC[C@H](C)O. The van der Waals surface area contributed by atoms with Crippen molar-refractivity contribution in [2.75, 3.05) is 7.11 Å². The molecule has 0 heterocycles. The number of ether oxygens (including phenoxy) is 1. The molecule has 0 bridgehead atoms. The summed E-state index contributed by atoms with van der Waals surface area (Å²) >= 11 is 0. The van der Waals surface area contributed by atoms with Gasteiger partial charge in [0.2, 0.25) is 0 Å². The lowest BCUT2D eigenvalue weighted by atomic mass is 10.1. The van der Waals surface area contributed by atoms with Gasteiger partial charge in [-0.1, -0.05) is 0 Å². The molecule has 0 aromatic heterocycles. The van der Waals surface area contributed by atoms with Gasteiger partial charge in [-0.05, 0) is 43.5 Å². The van der Waals surface area contributed by atoms with Gasteiger partial charge in [-0.25, -0.2) is 4.39 Å². The quantitative estimate of drug-likeness (QED) is 0.803. The summed E-state index contributed by atoms with van der Waals surface area (Å²) < 4.78 is 18.0. The topological polar surface area (TPSA) is 29.5 Å². The average Bonchev–Trinajstić information content (AvgIpc) is 2.15. The van der Waals surface area contributed by atoms with E-state index in [0.717, 1.165) is 5.56 Å². The summed E-state index contributed by atoms with van der Waals surface area (Å²) in [5, 5.41) is 9.11. The highest BCUT2D eigenvalue weighted by molar-refractivity contribution is 5.33. The first kappa shape index (κ1) is 11.0. The van der Waals surface area contributed by atoms with Crippen molar-refractivity contribution in [3.05, 3.63) is 29.6 Å². The maximum Gasteiger partial charge on any atom is 0.123 e. The van der Waals surface area contributed by atoms with E-state index in [9.17, 15) is 4.39 Å². The predicted molar refractivity (Wildman–Crippen MR) is 53.0 cm³/mol. The van der Waals surface area contributed by atoms with E-state index < -0.39 is 0 Å². The van der Waals surface area contributed by atoms with Crippen molar-refractivity contribution in [1.29, 1.82) is 0 Å². The Morgan fingerprint density at radius 2 is 2.21 bits per heavy atom. The number of benzene rings is 1. The highest BCUT2D eigenvalue weighted by Crippen LogP contribution is 2.21. The Morgan fingerprint density at radius 3 is 2.79 bits per heavy atom. The van der Waals surface area contributed by atoms with Gasteiger partial charge < -0.3 is 9.84 Å². The lowest BCUT2D eigenvalue weighted by molar-refractivity contribution is 0.184. The molecule has 1 atom stereocenters. The molecule has 0 aliphatic rings. The first-order chi connectivity index (χ1) is 6.63. The summed E-state index contributed by atoms with van der Waals surface area (Å²) in [5.74, 6) is 0.401. The second-order valence-electron chi connectivity index (χ2n) is 3.34. The second-order valence-corrected chi connectivity index (χ2v) is 3.34. The fraction of sp³-hybridized carbons (Fsp3) is 0.455. The summed E-state index contributed by atoms with van der Waals surface area (Å²) in [7, 11) is 1.55. The molecule has 0 unspecified atom stereocenters. The summed E-state index contributed by atoms with van der Waals surface area (Å²) in [5.41, 5.74) is 0.799. The molecule has 78 valence electrons. The van der Waals surface area contributed by atoms with Crippen LogP contribution in [0.5, 0.6) is 5.75 Å². The van der Waals surface area contributed by atoms with Crippen molar-refractivity contribution >= 4 is 0 Å². The van der Waals surface area contributed by atoms with Crippen molar-refractivity contribution in [3.63, 3.8) is 0 Å². The number of halogens is 1. The molecule has 3 heteroatoms. The van der Waals surface area contributed by atoms with E-state index in [4.69, 9.17) is 9.84 Å². The summed E-state index contributed by atoms with van der Waals surface area (Å²) in [6.45, 7) is 1.71. The zero-order valence-corrected chi connectivity index (χ0v) is 8.46. The molecule has 1 aromatic carbocycles. The zero-order chi connectivity index (χ0) is 10.6. The Balaban J connectivity index is 2.77. The second kappa shape index (κ2) is 4.96. The standard InChI is InChI=1S/C11H15FO2/c1-8(13)3-4-9-7-10(12)5-6-11(9)14-2/h5-8,13H,3-4H2,1-2H3/t8-/m0/s1. The first-order valence-corrected chi connectivity index (χ1v) is 4.64. The lowest BCUT2D eigenvalue weighted by Crippen LogP contribution is -2.02. The maximum absolute atomic E-state index is 12.9. The third-order valence-corrected chi connectivity index (χ3v) is 2.07. The predicted octanol–water partition coefficient (Wildman–Crippen LogP) is 2.15. The zero-order valence-electron chi connectivity index (χ0n) is 8.46. The van der Waals surface area contributed by atoms with Crippen LogP contribution in [0.3, 0.4) is 0 Å². The molecule has 14 heavy (non-hydrogen) atoms. The minimum atomic E-state index is -0.372. The Bertz CT molecular complexity index is 297. The van der Waals surface area contributed by atoms with Crippen LogP contribution in [0.25, 0.3) is 0 Å². The Morgan fingerprint density at radius 1 is 1.50 bits per heavy atom. The van der Waals surface area contributed by atoms with E-state index in [0.29, 0.717) is 18.6 Å². The molecule has 0 saturated carbocycles. The summed E-state index contributed by atoms with van der Waals surface area (Å²) in [6.07, 6.45) is 0.862. The summed E-state index contributed by atoms with van der Waals surface area (Å²) in [6, 6.07) is 4.42. The first-order valence-electron chi connectivity index (χ1n) is 4.64. The fourth-order valence-corrected chi connectivity index (χ4v) is 1.31. The molecule has 1 rings (SSSR count). The average molecular weight is 198 g/mol. The molecule has 0 spiro atoms. The fourth-order valence-electron chi connectivity index (χ4n) is 1.31. The van der Waals surface area contributed by atoms with E-state index in [1.54, 1.807) is 20.1 Å². The Kier molecular flexibility index (Phi) is 3.89. The smallest absolute Gasteiger partial charge is 0.123 e. The molecule has 1 aromatic rings. The van der Waals surface area contributed by atoms with E-state index >= 15 is 0 Å². The number of hydrogen-bond acceptors (Lipinski definition) is 2. The van der Waals surface area contributed by atoms with Crippen LogP contribution in [0.4, 0.5) is 4.39 Å². The van der Waals surface area contributed by atoms with Gasteiger partial charge in [-0.15, -0.1) is 0 Å².